The fraction of sp³-hybridized carbons (Fsp3) is 0.400. The van der Waals surface area contributed by atoms with Gasteiger partial charge in [-0.1, -0.05) is 43.0 Å². The van der Waals surface area contributed by atoms with Crippen LogP contribution in [0.2, 0.25) is 0 Å². The molecule has 2 aliphatic rings. The van der Waals surface area contributed by atoms with E-state index < -0.39 is 6.04 Å². The Balaban J connectivity index is 1.33. The van der Waals surface area contributed by atoms with Crippen molar-refractivity contribution < 1.29 is 19.1 Å². The summed E-state index contributed by atoms with van der Waals surface area (Å²) in [6.45, 7) is 9.74. The molecule has 214 valence electrons. The maximum atomic E-state index is 12.5. The predicted molar refractivity (Wildman–Crippen MR) is 154 cm³/mol. The highest BCUT2D eigenvalue weighted by molar-refractivity contribution is 5.85. The molecular formula is C30H40N6O4. The van der Waals surface area contributed by atoms with Gasteiger partial charge in [0.1, 0.15) is 24.7 Å². The number of morpholine rings is 1. The number of amides is 1. The van der Waals surface area contributed by atoms with E-state index in [1.807, 2.05) is 23.1 Å². The van der Waals surface area contributed by atoms with Gasteiger partial charge in [0.15, 0.2) is 0 Å². The third-order valence-corrected chi connectivity index (χ3v) is 7.23. The Morgan fingerprint density at radius 2 is 1.93 bits per heavy atom. The fourth-order valence-corrected chi connectivity index (χ4v) is 5.11. The number of hydrogen-bond acceptors (Lipinski definition) is 9. The summed E-state index contributed by atoms with van der Waals surface area (Å²) in [4.78, 5) is 27.8. The molecule has 1 atom stereocenters. The third-order valence-electron chi connectivity index (χ3n) is 7.23. The number of nitrogens with two attached hydrogens (primary N) is 2. The summed E-state index contributed by atoms with van der Waals surface area (Å²) in [6, 6.07) is 13.7. The van der Waals surface area contributed by atoms with E-state index in [-0.39, 0.29) is 18.9 Å². The number of ether oxygens (including phenoxy) is 2. The monoisotopic (exact) mass is 548 g/mol. The average Bonchev–Trinajstić information content (AvgIpc) is 3.30. The minimum atomic E-state index is -0.493. The van der Waals surface area contributed by atoms with Gasteiger partial charge in [-0.3, -0.25) is 9.69 Å². The smallest absolute Gasteiger partial charge is 0.242 e. The zero-order chi connectivity index (χ0) is 28.5. The molecule has 0 spiro atoms. The van der Waals surface area contributed by atoms with Gasteiger partial charge in [-0.05, 0) is 23.6 Å². The average molecular weight is 549 g/mol. The Hall–Kier alpha value is -3.86. The zero-order valence-electron chi connectivity index (χ0n) is 23.2. The molecule has 1 amide bonds. The minimum absolute atomic E-state index is 0.152. The molecule has 0 aliphatic carbocycles. The molecule has 1 fully saturated rings. The highest BCUT2D eigenvalue weighted by Crippen LogP contribution is 2.39. The van der Waals surface area contributed by atoms with Crippen LogP contribution in [0.5, 0.6) is 5.75 Å². The van der Waals surface area contributed by atoms with Crippen LogP contribution in [0, 0.1) is 0 Å². The number of fused-ring (bicyclic) bond motifs is 1. The molecule has 40 heavy (non-hydrogen) atoms. The summed E-state index contributed by atoms with van der Waals surface area (Å²) < 4.78 is 11.5. The minimum Gasteiger partial charge on any atom is -0.487 e. The van der Waals surface area contributed by atoms with Gasteiger partial charge in [-0.2, -0.15) is 0 Å². The van der Waals surface area contributed by atoms with Gasteiger partial charge >= 0.3 is 0 Å². The maximum absolute atomic E-state index is 12.5. The van der Waals surface area contributed by atoms with Crippen LogP contribution in [0.15, 0.2) is 60.9 Å². The van der Waals surface area contributed by atoms with Crippen LogP contribution in [0.25, 0.3) is 5.70 Å². The van der Waals surface area contributed by atoms with E-state index in [1.165, 1.54) is 5.56 Å². The lowest BCUT2D eigenvalue weighted by atomic mass is 10.1. The number of hydrazine groups is 1. The molecule has 0 aromatic heterocycles. The molecule has 5 N–H and O–H groups in total. The quantitative estimate of drug-likeness (QED) is 0.196. The van der Waals surface area contributed by atoms with E-state index in [1.54, 1.807) is 18.3 Å². The molecule has 2 aromatic carbocycles. The molecule has 10 nitrogen and oxygen atoms in total. The second-order valence-corrected chi connectivity index (χ2v) is 10.1. The van der Waals surface area contributed by atoms with E-state index in [0.717, 1.165) is 61.5 Å². The Morgan fingerprint density at radius 3 is 2.62 bits per heavy atom. The first-order chi connectivity index (χ1) is 19.4. The molecule has 2 aliphatic heterocycles. The van der Waals surface area contributed by atoms with Gasteiger partial charge in [0.2, 0.25) is 5.91 Å². The molecule has 0 bridgehead atoms. The van der Waals surface area contributed by atoms with Crippen molar-refractivity contribution in [2.24, 2.45) is 11.6 Å². The lowest BCUT2D eigenvalue weighted by Gasteiger charge is -2.28. The van der Waals surface area contributed by atoms with Gasteiger partial charge in [0.25, 0.3) is 0 Å². The molecule has 1 unspecified atom stereocenters. The number of hydrogen-bond donors (Lipinski definition) is 3. The van der Waals surface area contributed by atoms with E-state index in [4.69, 9.17) is 21.1 Å². The summed E-state index contributed by atoms with van der Waals surface area (Å²) in [5, 5.41) is 4.24. The lowest BCUT2D eigenvalue weighted by Crippen LogP contribution is -2.43. The molecule has 0 saturated carbocycles. The second kappa shape index (κ2) is 14.0. The number of carbonyl (C=O) groups is 2. The van der Waals surface area contributed by atoms with Crippen LogP contribution in [0.4, 0.5) is 0 Å². The van der Waals surface area contributed by atoms with Gasteiger partial charge < -0.3 is 35.2 Å². The first-order valence-corrected chi connectivity index (χ1v) is 13.6. The molecular weight excluding hydrogens is 508 g/mol. The topological polar surface area (TPSA) is 126 Å². The predicted octanol–water partition coefficient (Wildman–Crippen LogP) is 1.95. The van der Waals surface area contributed by atoms with Gasteiger partial charge in [0, 0.05) is 62.7 Å². The van der Waals surface area contributed by atoms with E-state index in [2.05, 4.69) is 41.1 Å². The van der Waals surface area contributed by atoms with Crippen molar-refractivity contribution in [2.45, 2.75) is 38.5 Å². The lowest BCUT2D eigenvalue weighted by molar-refractivity contribution is -0.125. The Morgan fingerprint density at radius 1 is 1.20 bits per heavy atom. The van der Waals surface area contributed by atoms with Crippen molar-refractivity contribution in [3.63, 3.8) is 0 Å². The summed E-state index contributed by atoms with van der Waals surface area (Å²) >= 11 is 0. The van der Waals surface area contributed by atoms with Crippen LogP contribution in [0.3, 0.4) is 0 Å². The van der Waals surface area contributed by atoms with E-state index in [0.29, 0.717) is 31.0 Å². The first-order valence-electron chi connectivity index (χ1n) is 13.6. The molecule has 0 radical (unpaired) electrons. The number of rotatable bonds is 13. The normalized spacial score (nSPS) is 16.4. The summed E-state index contributed by atoms with van der Waals surface area (Å²) in [7, 11) is 1.59. The highest BCUT2D eigenvalue weighted by Gasteiger charge is 2.33. The largest absolute Gasteiger partial charge is 0.487 e. The number of carbonyl (C=O) groups excluding carboxylic acids is 2. The van der Waals surface area contributed by atoms with E-state index in [9.17, 15) is 9.59 Å². The van der Waals surface area contributed by atoms with Crippen LogP contribution < -0.4 is 21.6 Å². The summed E-state index contributed by atoms with van der Waals surface area (Å²) in [5.74, 6) is 6.74. The Labute approximate surface area is 236 Å². The van der Waals surface area contributed by atoms with Crippen LogP contribution in [-0.4, -0.2) is 73.0 Å². The van der Waals surface area contributed by atoms with Crippen molar-refractivity contribution in [3.05, 3.63) is 83.2 Å². The van der Waals surface area contributed by atoms with Crippen LogP contribution in [0.1, 0.15) is 35.1 Å². The summed E-state index contributed by atoms with van der Waals surface area (Å²) in [5.41, 5.74) is 11.6. The fourth-order valence-electron chi connectivity index (χ4n) is 5.11. The number of aldehydes is 1. The second-order valence-electron chi connectivity index (χ2n) is 10.1. The molecule has 4 rings (SSSR count). The van der Waals surface area contributed by atoms with E-state index >= 15 is 0 Å². The molecule has 2 aromatic rings. The number of benzene rings is 2. The standard InChI is InChI=1S/C30H40N6O4/c1-22-26-5-3-7-29(27(26)20-36(22)28(6-4-14-37)30(38)33-2)40-21-25(31)19-35(32)18-24-10-8-23(9-11-24)17-34-12-15-39-16-13-34/h3,5,7-11,14,19,28H,1,4,6,12-13,15-18,20-21,31-32H2,2H3,(H,33,38)/b25-19-. The molecule has 1 saturated heterocycles. The number of nitrogens with one attached hydrogen (secondary N) is 1. The maximum Gasteiger partial charge on any atom is 0.242 e. The third kappa shape index (κ3) is 7.41. The van der Waals surface area contributed by atoms with Gasteiger partial charge in [-0.15, -0.1) is 0 Å². The van der Waals surface area contributed by atoms with Crippen molar-refractivity contribution in [1.82, 2.24) is 20.1 Å². The van der Waals surface area contributed by atoms with Crippen LogP contribution >= 0.6 is 0 Å². The van der Waals surface area contributed by atoms with Crippen molar-refractivity contribution in [2.75, 3.05) is 40.0 Å². The zero-order valence-corrected chi connectivity index (χ0v) is 23.2. The highest BCUT2D eigenvalue weighted by atomic mass is 16.5. The van der Waals surface area contributed by atoms with Crippen LogP contribution in [-0.2, 0) is 34.0 Å². The van der Waals surface area contributed by atoms with Crippen molar-refractivity contribution >= 4 is 17.9 Å². The molecule has 10 heteroatoms. The van der Waals surface area contributed by atoms with Gasteiger partial charge in [0.05, 0.1) is 25.5 Å². The number of nitrogens with zero attached hydrogens (tertiary/aromatic N) is 3. The number of likely N-dealkylation sites (N-methyl/N-ethyl adjacent to an activating group) is 1. The van der Waals surface area contributed by atoms with Crippen molar-refractivity contribution in [1.29, 1.82) is 0 Å². The van der Waals surface area contributed by atoms with Gasteiger partial charge in [-0.25, -0.2) is 5.84 Å². The molecule has 2 heterocycles. The van der Waals surface area contributed by atoms with Crippen molar-refractivity contribution in [3.8, 4) is 5.75 Å². The Bertz CT molecular complexity index is 1210. The summed E-state index contributed by atoms with van der Waals surface area (Å²) in [6.07, 6.45) is 3.20. The SMILES string of the molecule is C=C1c2cccc(OC/C(N)=C/N(N)Cc3ccc(CN4CCOCC4)cc3)c2CN1C(CCC=O)C(=O)NC. The first kappa shape index (κ1) is 29.1. The Kier molecular flexibility index (Phi) is 10.2.